The summed E-state index contributed by atoms with van der Waals surface area (Å²) < 4.78 is 13.2. The van der Waals surface area contributed by atoms with Gasteiger partial charge in [-0.05, 0) is 54.6 Å². The van der Waals surface area contributed by atoms with Crippen LogP contribution in [0.3, 0.4) is 0 Å². The lowest BCUT2D eigenvalue weighted by Gasteiger charge is -2.15. The number of nitrogens with one attached hydrogen (secondary N) is 1. The summed E-state index contributed by atoms with van der Waals surface area (Å²) in [6.45, 7) is 1.89. The second kappa shape index (κ2) is 5.81. The first-order chi connectivity index (χ1) is 10.5. The van der Waals surface area contributed by atoms with Crippen molar-refractivity contribution < 1.29 is 14.0 Å². The number of imide groups is 1. The summed E-state index contributed by atoms with van der Waals surface area (Å²) in [7, 11) is 0. The highest BCUT2D eigenvalue weighted by molar-refractivity contribution is 8.16. The van der Waals surface area contributed by atoms with Gasteiger partial charge in [0, 0.05) is 5.69 Å². The molecule has 1 aliphatic heterocycles. The second-order valence-corrected chi connectivity index (χ2v) is 5.99. The zero-order chi connectivity index (χ0) is 15.7. The van der Waals surface area contributed by atoms with Crippen LogP contribution in [-0.2, 0) is 4.79 Å². The van der Waals surface area contributed by atoms with Crippen molar-refractivity contribution in [1.29, 1.82) is 0 Å². The number of thioether (sulfide) groups is 1. The third kappa shape index (κ3) is 2.82. The van der Waals surface area contributed by atoms with Crippen molar-refractivity contribution in [3.8, 4) is 0 Å². The number of aryl methyl sites for hydroxylation is 1. The number of benzene rings is 2. The van der Waals surface area contributed by atoms with Gasteiger partial charge in [-0.25, -0.2) is 9.29 Å². The van der Waals surface area contributed by atoms with Crippen molar-refractivity contribution in [3.05, 3.63) is 59.9 Å². The summed E-state index contributed by atoms with van der Waals surface area (Å²) in [6.07, 6.45) is 0. The van der Waals surface area contributed by atoms with Crippen LogP contribution < -0.4 is 10.2 Å². The standard InChI is InChI=1S/C16H13FN2O2S/c1-10-4-2-7-13(8-10)19-15(20)14(22-16(19)21)18-12-6-3-5-11(17)9-12/h2-9,14,18H,1H3. The third-order valence-electron chi connectivity index (χ3n) is 3.23. The van der Waals surface area contributed by atoms with Gasteiger partial charge < -0.3 is 5.32 Å². The van der Waals surface area contributed by atoms with Crippen molar-refractivity contribution >= 4 is 34.3 Å². The molecule has 4 nitrogen and oxygen atoms in total. The van der Waals surface area contributed by atoms with E-state index < -0.39 is 11.2 Å². The predicted molar refractivity (Wildman–Crippen MR) is 85.5 cm³/mol. The second-order valence-electron chi connectivity index (χ2n) is 4.93. The predicted octanol–water partition coefficient (Wildman–Crippen LogP) is 3.77. The summed E-state index contributed by atoms with van der Waals surface area (Å²) >= 11 is 0.887. The van der Waals surface area contributed by atoms with Gasteiger partial charge in [0.15, 0.2) is 5.37 Å². The van der Waals surface area contributed by atoms with Gasteiger partial charge in [-0.3, -0.25) is 9.59 Å². The fourth-order valence-electron chi connectivity index (χ4n) is 2.23. The average Bonchev–Trinajstić information content (AvgIpc) is 2.73. The Morgan fingerprint density at radius 2 is 1.91 bits per heavy atom. The number of carbonyl (C=O) groups excluding carboxylic acids is 2. The molecule has 1 aliphatic rings. The number of halogens is 1. The van der Waals surface area contributed by atoms with Gasteiger partial charge in [0.05, 0.1) is 5.69 Å². The topological polar surface area (TPSA) is 49.4 Å². The maximum Gasteiger partial charge on any atom is 0.295 e. The minimum atomic E-state index is -0.755. The molecule has 0 bridgehead atoms. The lowest BCUT2D eigenvalue weighted by atomic mass is 10.2. The van der Waals surface area contributed by atoms with E-state index in [2.05, 4.69) is 5.32 Å². The fourth-order valence-corrected chi connectivity index (χ4v) is 3.14. The number of amides is 2. The molecule has 2 aromatic rings. The van der Waals surface area contributed by atoms with Crippen molar-refractivity contribution in [2.24, 2.45) is 0 Å². The first-order valence-electron chi connectivity index (χ1n) is 6.68. The minimum Gasteiger partial charge on any atom is -0.365 e. The smallest absolute Gasteiger partial charge is 0.295 e. The first-order valence-corrected chi connectivity index (χ1v) is 7.56. The number of carbonyl (C=O) groups is 2. The molecule has 0 saturated carbocycles. The Hall–Kier alpha value is -2.34. The van der Waals surface area contributed by atoms with E-state index in [-0.39, 0.29) is 11.1 Å². The number of nitrogens with zero attached hydrogens (tertiary/aromatic N) is 1. The molecule has 0 aliphatic carbocycles. The highest BCUT2D eigenvalue weighted by atomic mass is 32.2. The van der Waals surface area contributed by atoms with Crippen LogP contribution in [0.4, 0.5) is 20.6 Å². The van der Waals surface area contributed by atoms with Crippen LogP contribution in [0.1, 0.15) is 5.56 Å². The first kappa shape index (κ1) is 14.6. The lowest BCUT2D eigenvalue weighted by Crippen LogP contribution is -2.34. The number of rotatable bonds is 3. The highest BCUT2D eigenvalue weighted by Crippen LogP contribution is 2.32. The van der Waals surface area contributed by atoms with Crippen LogP contribution in [0.25, 0.3) is 0 Å². The Bertz CT molecular complexity index is 750. The third-order valence-corrected chi connectivity index (χ3v) is 4.17. The Morgan fingerprint density at radius 1 is 1.14 bits per heavy atom. The molecule has 0 radical (unpaired) electrons. The van der Waals surface area contributed by atoms with Crippen molar-refractivity contribution in [2.75, 3.05) is 10.2 Å². The summed E-state index contributed by atoms with van der Waals surface area (Å²) in [5.41, 5.74) is 1.97. The molecule has 1 fully saturated rings. The molecule has 1 unspecified atom stereocenters. The zero-order valence-electron chi connectivity index (χ0n) is 11.7. The van der Waals surface area contributed by atoms with Gasteiger partial charge in [-0.2, -0.15) is 0 Å². The Labute approximate surface area is 131 Å². The molecule has 112 valence electrons. The number of hydrogen-bond donors (Lipinski definition) is 1. The van der Waals surface area contributed by atoms with Crippen LogP contribution in [0.5, 0.6) is 0 Å². The molecule has 1 N–H and O–H groups in total. The summed E-state index contributed by atoms with van der Waals surface area (Å²) in [5.74, 6) is -0.757. The molecule has 0 aromatic heterocycles. The largest absolute Gasteiger partial charge is 0.365 e. The fraction of sp³-hybridized carbons (Fsp3) is 0.125. The molecule has 1 heterocycles. The van der Waals surface area contributed by atoms with E-state index in [1.54, 1.807) is 30.3 Å². The molecule has 6 heteroatoms. The van der Waals surface area contributed by atoms with Crippen molar-refractivity contribution in [2.45, 2.75) is 12.3 Å². The van der Waals surface area contributed by atoms with Crippen LogP contribution in [0.2, 0.25) is 0 Å². The van der Waals surface area contributed by atoms with E-state index in [0.29, 0.717) is 11.4 Å². The summed E-state index contributed by atoms with van der Waals surface area (Å²) in [6, 6.07) is 13.0. The normalized spacial score (nSPS) is 17.9. The molecule has 1 atom stereocenters. The van der Waals surface area contributed by atoms with E-state index in [9.17, 15) is 14.0 Å². The summed E-state index contributed by atoms with van der Waals surface area (Å²) in [5, 5.41) is 1.79. The van der Waals surface area contributed by atoms with Gasteiger partial charge >= 0.3 is 0 Å². The Morgan fingerprint density at radius 3 is 2.64 bits per heavy atom. The maximum absolute atomic E-state index is 13.2. The lowest BCUT2D eigenvalue weighted by molar-refractivity contribution is -0.116. The average molecular weight is 316 g/mol. The Kier molecular flexibility index (Phi) is 3.85. The zero-order valence-corrected chi connectivity index (χ0v) is 12.6. The van der Waals surface area contributed by atoms with Gasteiger partial charge in [-0.1, -0.05) is 18.2 Å². The number of hydrogen-bond acceptors (Lipinski definition) is 4. The quantitative estimate of drug-likeness (QED) is 0.936. The van der Waals surface area contributed by atoms with Crippen molar-refractivity contribution in [1.82, 2.24) is 0 Å². The molecule has 2 amide bonds. The van der Waals surface area contributed by atoms with Gasteiger partial charge in [0.2, 0.25) is 0 Å². The van der Waals surface area contributed by atoms with Gasteiger partial charge in [0.25, 0.3) is 11.1 Å². The van der Waals surface area contributed by atoms with Crippen LogP contribution in [0.15, 0.2) is 48.5 Å². The molecule has 2 aromatic carbocycles. The monoisotopic (exact) mass is 316 g/mol. The Balaban J connectivity index is 1.82. The van der Waals surface area contributed by atoms with Crippen LogP contribution >= 0.6 is 11.8 Å². The highest BCUT2D eigenvalue weighted by Gasteiger charge is 2.40. The molecular weight excluding hydrogens is 303 g/mol. The summed E-state index contributed by atoms with van der Waals surface area (Å²) in [4.78, 5) is 25.7. The van der Waals surface area contributed by atoms with Gasteiger partial charge in [0.1, 0.15) is 5.82 Å². The van der Waals surface area contributed by atoms with E-state index >= 15 is 0 Å². The van der Waals surface area contributed by atoms with E-state index in [0.717, 1.165) is 22.2 Å². The minimum absolute atomic E-state index is 0.343. The van der Waals surface area contributed by atoms with Crippen LogP contribution in [-0.4, -0.2) is 16.5 Å². The van der Waals surface area contributed by atoms with E-state index in [1.807, 2.05) is 13.0 Å². The van der Waals surface area contributed by atoms with Gasteiger partial charge in [-0.15, -0.1) is 0 Å². The maximum atomic E-state index is 13.2. The van der Waals surface area contributed by atoms with Crippen LogP contribution in [0, 0.1) is 12.7 Å². The SMILES string of the molecule is Cc1cccc(N2C(=O)SC(Nc3cccc(F)c3)C2=O)c1. The molecule has 1 saturated heterocycles. The van der Waals surface area contributed by atoms with E-state index in [4.69, 9.17) is 0 Å². The molecule has 22 heavy (non-hydrogen) atoms. The molecule has 3 rings (SSSR count). The van der Waals surface area contributed by atoms with E-state index in [1.165, 1.54) is 12.1 Å². The number of anilines is 2. The molecular formula is C16H13FN2O2S. The van der Waals surface area contributed by atoms with Crippen molar-refractivity contribution in [3.63, 3.8) is 0 Å². The molecule has 0 spiro atoms.